The van der Waals surface area contributed by atoms with Crippen LogP contribution >= 0.6 is 11.3 Å². The van der Waals surface area contributed by atoms with Crippen molar-refractivity contribution in [3.8, 4) is 0 Å². The topological polar surface area (TPSA) is 61.1 Å². The van der Waals surface area contributed by atoms with Gasteiger partial charge in [-0.3, -0.25) is 9.79 Å². The smallest absolute Gasteiger partial charge is 0.219 e. The number of rotatable bonds is 6. The summed E-state index contributed by atoms with van der Waals surface area (Å²) in [6.07, 6.45) is 3.48. The summed E-state index contributed by atoms with van der Waals surface area (Å²) >= 11 is 1.77. The summed E-state index contributed by atoms with van der Waals surface area (Å²) in [6, 6.07) is 8.12. The highest BCUT2D eigenvalue weighted by atomic mass is 32.1. The third-order valence-electron chi connectivity index (χ3n) is 4.46. The number of thiophene rings is 1. The number of hydrogen-bond donors (Lipinski definition) is 1. The monoisotopic (exact) mass is 374 g/mol. The van der Waals surface area contributed by atoms with Crippen LogP contribution in [-0.4, -0.2) is 60.9 Å². The molecule has 0 aliphatic carbocycles. The Hall–Kier alpha value is -2.28. The van der Waals surface area contributed by atoms with Crippen molar-refractivity contribution in [2.75, 3.05) is 39.3 Å². The molecule has 1 aliphatic rings. The summed E-state index contributed by atoms with van der Waals surface area (Å²) in [5, 5.41) is 5.57. The van der Waals surface area contributed by atoms with Crippen molar-refractivity contribution >= 4 is 23.2 Å². The number of aliphatic imine (C=N–C) groups is 1. The zero-order valence-electron chi connectivity index (χ0n) is 15.2. The first-order valence-corrected chi connectivity index (χ1v) is 9.94. The lowest BCUT2D eigenvalue weighted by Gasteiger charge is -2.36. The molecule has 1 fully saturated rings. The number of amides is 1. The maximum atomic E-state index is 11.5. The maximum absolute atomic E-state index is 11.5. The molecule has 2 aromatic rings. The van der Waals surface area contributed by atoms with Gasteiger partial charge in [-0.2, -0.15) is 0 Å². The van der Waals surface area contributed by atoms with E-state index in [4.69, 9.17) is 9.41 Å². The average Bonchev–Trinajstić information content (AvgIpc) is 3.34. The highest BCUT2D eigenvalue weighted by Gasteiger charge is 2.21. The summed E-state index contributed by atoms with van der Waals surface area (Å²) < 4.78 is 5.40. The molecular formula is C19H26N4O2S. The Labute approximate surface area is 158 Å². The molecule has 0 bridgehead atoms. The first-order chi connectivity index (χ1) is 12.7. The molecule has 0 unspecified atom stereocenters. The van der Waals surface area contributed by atoms with Gasteiger partial charge in [-0.1, -0.05) is 6.07 Å². The zero-order chi connectivity index (χ0) is 18.2. The molecule has 1 amide bonds. The van der Waals surface area contributed by atoms with E-state index in [1.807, 2.05) is 17.0 Å². The largest absolute Gasteiger partial charge is 0.469 e. The van der Waals surface area contributed by atoms with Gasteiger partial charge in [0.25, 0.3) is 0 Å². The molecule has 7 heteroatoms. The van der Waals surface area contributed by atoms with E-state index in [1.165, 1.54) is 4.88 Å². The van der Waals surface area contributed by atoms with Gasteiger partial charge in [-0.25, -0.2) is 0 Å². The number of nitrogens with one attached hydrogen (secondary N) is 1. The molecule has 1 saturated heterocycles. The van der Waals surface area contributed by atoms with Gasteiger partial charge in [0, 0.05) is 63.9 Å². The third-order valence-corrected chi connectivity index (χ3v) is 5.40. The Morgan fingerprint density at radius 2 is 2.00 bits per heavy atom. The molecule has 0 aromatic carbocycles. The maximum Gasteiger partial charge on any atom is 0.219 e. The van der Waals surface area contributed by atoms with E-state index >= 15 is 0 Å². The Bertz CT molecular complexity index is 689. The summed E-state index contributed by atoms with van der Waals surface area (Å²) in [4.78, 5) is 21.8. The van der Waals surface area contributed by atoms with Crippen molar-refractivity contribution < 1.29 is 9.21 Å². The molecule has 1 N–H and O–H groups in total. The van der Waals surface area contributed by atoms with E-state index in [2.05, 4.69) is 27.7 Å². The summed E-state index contributed by atoms with van der Waals surface area (Å²) in [6.45, 7) is 6.29. The van der Waals surface area contributed by atoms with Crippen LogP contribution in [0.4, 0.5) is 0 Å². The van der Waals surface area contributed by atoms with Gasteiger partial charge in [0.2, 0.25) is 5.91 Å². The van der Waals surface area contributed by atoms with Crippen LogP contribution in [0.1, 0.15) is 17.6 Å². The van der Waals surface area contributed by atoms with Crippen LogP contribution in [-0.2, 0) is 17.6 Å². The lowest BCUT2D eigenvalue weighted by atomic mass is 10.3. The predicted molar refractivity (Wildman–Crippen MR) is 105 cm³/mol. The van der Waals surface area contributed by atoms with Crippen LogP contribution < -0.4 is 5.32 Å². The standard InChI is InChI=1S/C19H26N4O2S/c1-16(24)22-10-12-23(13-11-22)19(20-8-6-17-4-2-14-25-17)21-9-7-18-5-3-15-26-18/h2-5,14-15H,6-13H2,1H3,(H,20,21). The minimum Gasteiger partial charge on any atom is -0.469 e. The minimum atomic E-state index is 0.145. The number of furan rings is 1. The Morgan fingerprint density at radius 1 is 1.19 bits per heavy atom. The number of carbonyl (C=O) groups excluding carboxylic acids is 1. The van der Waals surface area contributed by atoms with Gasteiger partial charge in [-0.15, -0.1) is 11.3 Å². The molecule has 6 nitrogen and oxygen atoms in total. The van der Waals surface area contributed by atoms with E-state index in [0.29, 0.717) is 0 Å². The lowest BCUT2D eigenvalue weighted by Crippen LogP contribution is -2.53. The fraction of sp³-hybridized carbons (Fsp3) is 0.474. The molecular weight excluding hydrogens is 348 g/mol. The van der Waals surface area contributed by atoms with Crippen LogP contribution in [0, 0.1) is 0 Å². The number of guanidine groups is 1. The van der Waals surface area contributed by atoms with Crippen molar-refractivity contribution in [2.24, 2.45) is 4.99 Å². The van der Waals surface area contributed by atoms with E-state index < -0.39 is 0 Å². The highest BCUT2D eigenvalue weighted by Crippen LogP contribution is 2.09. The van der Waals surface area contributed by atoms with Crippen LogP contribution in [0.2, 0.25) is 0 Å². The van der Waals surface area contributed by atoms with Gasteiger partial charge in [0.15, 0.2) is 5.96 Å². The first kappa shape index (κ1) is 18.5. The first-order valence-electron chi connectivity index (χ1n) is 9.06. The van der Waals surface area contributed by atoms with Crippen molar-refractivity contribution in [1.29, 1.82) is 0 Å². The number of carbonyl (C=O) groups is 1. The Kier molecular flexibility index (Phi) is 6.71. The average molecular weight is 375 g/mol. The molecule has 140 valence electrons. The van der Waals surface area contributed by atoms with Gasteiger partial charge in [0.1, 0.15) is 5.76 Å². The lowest BCUT2D eigenvalue weighted by molar-refractivity contribution is -0.130. The second-order valence-electron chi connectivity index (χ2n) is 6.28. The van der Waals surface area contributed by atoms with Gasteiger partial charge in [-0.05, 0) is 23.6 Å². The number of hydrogen-bond acceptors (Lipinski definition) is 4. The van der Waals surface area contributed by atoms with Gasteiger partial charge in [0.05, 0.1) is 6.26 Å². The zero-order valence-corrected chi connectivity index (χ0v) is 16.0. The Morgan fingerprint density at radius 3 is 2.65 bits per heavy atom. The van der Waals surface area contributed by atoms with Crippen molar-refractivity contribution in [1.82, 2.24) is 15.1 Å². The van der Waals surface area contributed by atoms with Gasteiger partial charge < -0.3 is 19.5 Å². The highest BCUT2D eigenvalue weighted by molar-refractivity contribution is 7.09. The number of nitrogens with zero attached hydrogens (tertiary/aromatic N) is 3. The van der Waals surface area contributed by atoms with E-state index in [9.17, 15) is 4.79 Å². The minimum absolute atomic E-state index is 0.145. The van der Waals surface area contributed by atoms with Crippen LogP contribution in [0.3, 0.4) is 0 Å². The van der Waals surface area contributed by atoms with E-state index in [-0.39, 0.29) is 5.91 Å². The second kappa shape index (κ2) is 9.43. The summed E-state index contributed by atoms with van der Waals surface area (Å²) in [7, 11) is 0. The molecule has 0 spiro atoms. The van der Waals surface area contributed by atoms with Crippen molar-refractivity contribution in [2.45, 2.75) is 19.8 Å². The fourth-order valence-electron chi connectivity index (χ4n) is 2.98. The SMILES string of the molecule is CC(=O)N1CCN(C(=NCCc2cccs2)NCCc2ccco2)CC1. The van der Waals surface area contributed by atoms with Gasteiger partial charge >= 0.3 is 0 Å². The normalized spacial score (nSPS) is 15.3. The summed E-state index contributed by atoms with van der Waals surface area (Å²) in [5.41, 5.74) is 0. The van der Waals surface area contributed by atoms with Crippen molar-refractivity contribution in [3.63, 3.8) is 0 Å². The van der Waals surface area contributed by atoms with Crippen LogP contribution in [0.5, 0.6) is 0 Å². The molecule has 26 heavy (non-hydrogen) atoms. The quantitative estimate of drug-likeness (QED) is 0.622. The third kappa shape index (κ3) is 5.36. The fourth-order valence-corrected chi connectivity index (χ4v) is 3.68. The van der Waals surface area contributed by atoms with E-state index in [1.54, 1.807) is 24.5 Å². The van der Waals surface area contributed by atoms with Crippen molar-refractivity contribution in [3.05, 3.63) is 46.5 Å². The predicted octanol–water partition coefficient (Wildman–Crippen LogP) is 2.24. The second-order valence-corrected chi connectivity index (χ2v) is 7.32. The number of piperazine rings is 1. The summed E-state index contributed by atoms with van der Waals surface area (Å²) in [5.74, 6) is 2.04. The Balaban J connectivity index is 1.55. The van der Waals surface area contributed by atoms with Crippen LogP contribution in [0.15, 0.2) is 45.3 Å². The molecule has 3 heterocycles. The molecule has 0 radical (unpaired) electrons. The van der Waals surface area contributed by atoms with Crippen LogP contribution in [0.25, 0.3) is 0 Å². The molecule has 3 rings (SSSR count). The molecule has 2 aromatic heterocycles. The van der Waals surface area contributed by atoms with E-state index in [0.717, 1.165) is 63.8 Å². The molecule has 1 aliphatic heterocycles. The molecule has 0 atom stereocenters. The molecule has 0 saturated carbocycles.